The standard InChI is InChI=1S/C8H18S/c1-4-6-7-9-8(3)5-2/h8H,4-7H2,1-3H3. The third-order valence-electron chi connectivity index (χ3n) is 1.48. The van der Waals surface area contributed by atoms with Crippen molar-refractivity contribution >= 4 is 11.8 Å². The molecule has 0 heterocycles. The van der Waals surface area contributed by atoms with Crippen LogP contribution in [-0.2, 0) is 0 Å². The zero-order valence-electron chi connectivity index (χ0n) is 6.81. The van der Waals surface area contributed by atoms with Crippen molar-refractivity contribution in [3.05, 3.63) is 0 Å². The largest absolute Gasteiger partial charge is 0.159 e. The monoisotopic (exact) mass is 146 g/mol. The van der Waals surface area contributed by atoms with Gasteiger partial charge >= 0.3 is 0 Å². The average Bonchev–Trinajstić information content (AvgIpc) is 1.89. The summed E-state index contributed by atoms with van der Waals surface area (Å²) >= 11 is 2.10. The van der Waals surface area contributed by atoms with E-state index in [9.17, 15) is 0 Å². The second kappa shape index (κ2) is 6.47. The molecule has 0 nitrogen and oxygen atoms in total. The van der Waals surface area contributed by atoms with Gasteiger partial charge in [-0.3, -0.25) is 0 Å². The summed E-state index contributed by atoms with van der Waals surface area (Å²) in [6.45, 7) is 6.81. The third-order valence-corrected chi connectivity index (χ3v) is 2.90. The van der Waals surface area contributed by atoms with E-state index >= 15 is 0 Å². The Labute approximate surface area is 63.4 Å². The smallest absolute Gasteiger partial charge is 0.00160 e. The van der Waals surface area contributed by atoms with Gasteiger partial charge in [0.2, 0.25) is 0 Å². The van der Waals surface area contributed by atoms with Gasteiger partial charge in [-0.15, -0.1) is 0 Å². The first-order valence-electron chi connectivity index (χ1n) is 3.92. The highest BCUT2D eigenvalue weighted by molar-refractivity contribution is 7.99. The van der Waals surface area contributed by atoms with E-state index in [0.717, 1.165) is 5.25 Å². The minimum Gasteiger partial charge on any atom is -0.159 e. The molecule has 0 radical (unpaired) electrons. The normalized spacial score (nSPS) is 13.7. The Morgan fingerprint density at radius 2 is 2.00 bits per heavy atom. The van der Waals surface area contributed by atoms with Gasteiger partial charge in [0, 0.05) is 5.25 Å². The lowest BCUT2D eigenvalue weighted by Gasteiger charge is -2.05. The van der Waals surface area contributed by atoms with Gasteiger partial charge in [0.15, 0.2) is 0 Å². The fraction of sp³-hybridized carbons (Fsp3) is 1.00. The van der Waals surface area contributed by atoms with E-state index < -0.39 is 0 Å². The third kappa shape index (κ3) is 6.23. The second-order valence-corrected chi connectivity index (χ2v) is 3.99. The molecular weight excluding hydrogens is 128 g/mol. The molecule has 0 aromatic carbocycles. The molecule has 0 N–H and O–H groups in total. The van der Waals surface area contributed by atoms with Crippen molar-refractivity contribution in [3.63, 3.8) is 0 Å². The summed E-state index contributed by atoms with van der Waals surface area (Å²) in [6.07, 6.45) is 4.03. The van der Waals surface area contributed by atoms with E-state index in [4.69, 9.17) is 0 Å². The van der Waals surface area contributed by atoms with Crippen LogP contribution in [0.5, 0.6) is 0 Å². The lowest BCUT2D eigenvalue weighted by atomic mass is 10.4. The minimum absolute atomic E-state index is 0.872. The molecule has 1 atom stereocenters. The Balaban J connectivity index is 2.88. The van der Waals surface area contributed by atoms with E-state index in [2.05, 4.69) is 32.5 Å². The summed E-state index contributed by atoms with van der Waals surface area (Å²) in [7, 11) is 0. The molecule has 0 aliphatic heterocycles. The van der Waals surface area contributed by atoms with Gasteiger partial charge in [-0.2, -0.15) is 11.8 Å². The van der Waals surface area contributed by atoms with Crippen LogP contribution in [0.25, 0.3) is 0 Å². The van der Waals surface area contributed by atoms with Crippen molar-refractivity contribution in [1.29, 1.82) is 0 Å². The van der Waals surface area contributed by atoms with E-state index in [0.29, 0.717) is 0 Å². The van der Waals surface area contributed by atoms with Gasteiger partial charge in [0.1, 0.15) is 0 Å². The summed E-state index contributed by atoms with van der Waals surface area (Å²) < 4.78 is 0. The number of rotatable bonds is 5. The molecule has 0 spiro atoms. The van der Waals surface area contributed by atoms with Gasteiger partial charge in [-0.1, -0.05) is 27.2 Å². The van der Waals surface area contributed by atoms with Crippen molar-refractivity contribution in [2.75, 3.05) is 5.75 Å². The van der Waals surface area contributed by atoms with Gasteiger partial charge in [0.25, 0.3) is 0 Å². The summed E-state index contributed by atoms with van der Waals surface area (Å²) in [4.78, 5) is 0. The van der Waals surface area contributed by atoms with Gasteiger partial charge in [0.05, 0.1) is 0 Å². The lowest BCUT2D eigenvalue weighted by molar-refractivity contribution is 0.872. The van der Waals surface area contributed by atoms with Crippen LogP contribution >= 0.6 is 11.8 Å². The number of hydrogen-bond donors (Lipinski definition) is 0. The molecule has 0 aliphatic rings. The van der Waals surface area contributed by atoms with Crippen LogP contribution in [0.2, 0.25) is 0 Å². The van der Waals surface area contributed by atoms with Crippen LogP contribution in [0.15, 0.2) is 0 Å². The van der Waals surface area contributed by atoms with E-state index in [1.807, 2.05) is 0 Å². The number of hydrogen-bond acceptors (Lipinski definition) is 1. The zero-order chi connectivity index (χ0) is 7.11. The molecule has 56 valence electrons. The van der Waals surface area contributed by atoms with Gasteiger partial charge in [-0.25, -0.2) is 0 Å². The fourth-order valence-corrected chi connectivity index (χ4v) is 1.64. The molecule has 0 bridgehead atoms. The SMILES string of the molecule is CCCCSC(C)CC. The van der Waals surface area contributed by atoms with Gasteiger partial charge < -0.3 is 0 Å². The Morgan fingerprint density at radius 1 is 1.33 bits per heavy atom. The second-order valence-electron chi connectivity index (χ2n) is 2.44. The van der Waals surface area contributed by atoms with Crippen LogP contribution in [0.4, 0.5) is 0 Å². The lowest BCUT2D eigenvalue weighted by Crippen LogP contribution is -1.93. The van der Waals surface area contributed by atoms with Crippen molar-refractivity contribution in [2.24, 2.45) is 0 Å². The molecule has 9 heavy (non-hydrogen) atoms. The topological polar surface area (TPSA) is 0 Å². The number of thioether (sulfide) groups is 1. The molecule has 0 rings (SSSR count). The number of unbranched alkanes of at least 4 members (excludes halogenated alkanes) is 1. The van der Waals surface area contributed by atoms with Gasteiger partial charge in [-0.05, 0) is 18.6 Å². The highest BCUT2D eigenvalue weighted by Gasteiger charge is 1.95. The summed E-state index contributed by atoms with van der Waals surface area (Å²) in [5, 5.41) is 0.872. The first kappa shape index (κ1) is 9.35. The Morgan fingerprint density at radius 3 is 2.44 bits per heavy atom. The van der Waals surface area contributed by atoms with Crippen molar-refractivity contribution in [1.82, 2.24) is 0 Å². The van der Waals surface area contributed by atoms with Crippen LogP contribution in [0.1, 0.15) is 40.0 Å². The summed E-state index contributed by atoms with van der Waals surface area (Å²) in [5.74, 6) is 1.35. The highest BCUT2D eigenvalue weighted by atomic mass is 32.2. The summed E-state index contributed by atoms with van der Waals surface area (Å²) in [6, 6.07) is 0. The van der Waals surface area contributed by atoms with Crippen LogP contribution in [0.3, 0.4) is 0 Å². The predicted octanol–water partition coefficient (Wildman–Crippen LogP) is 3.32. The molecule has 0 fully saturated rings. The molecule has 0 saturated carbocycles. The molecule has 0 aromatic heterocycles. The van der Waals surface area contributed by atoms with Crippen LogP contribution in [-0.4, -0.2) is 11.0 Å². The highest BCUT2D eigenvalue weighted by Crippen LogP contribution is 2.14. The molecule has 1 unspecified atom stereocenters. The minimum atomic E-state index is 0.872. The maximum absolute atomic E-state index is 2.31. The average molecular weight is 146 g/mol. The van der Waals surface area contributed by atoms with Crippen molar-refractivity contribution in [2.45, 2.75) is 45.3 Å². The molecule has 0 aromatic rings. The Bertz CT molecular complexity index is 52.5. The van der Waals surface area contributed by atoms with E-state index in [1.54, 1.807) is 0 Å². The van der Waals surface area contributed by atoms with E-state index in [-0.39, 0.29) is 0 Å². The molecule has 0 aliphatic carbocycles. The zero-order valence-corrected chi connectivity index (χ0v) is 7.63. The maximum Gasteiger partial charge on any atom is 0.00160 e. The van der Waals surface area contributed by atoms with Crippen molar-refractivity contribution in [3.8, 4) is 0 Å². The quantitative estimate of drug-likeness (QED) is 0.536. The first-order chi connectivity index (χ1) is 4.31. The Hall–Kier alpha value is 0.350. The van der Waals surface area contributed by atoms with Crippen molar-refractivity contribution < 1.29 is 0 Å². The molecule has 0 amide bonds. The molecule has 0 saturated heterocycles. The molecule has 1 heteroatoms. The predicted molar refractivity (Wildman–Crippen MR) is 47.1 cm³/mol. The summed E-state index contributed by atoms with van der Waals surface area (Å²) in [5.41, 5.74) is 0. The maximum atomic E-state index is 2.31. The van der Waals surface area contributed by atoms with Crippen LogP contribution in [0, 0.1) is 0 Å². The van der Waals surface area contributed by atoms with Crippen LogP contribution < -0.4 is 0 Å². The van der Waals surface area contributed by atoms with E-state index in [1.165, 1.54) is 25.0 Å². The fourth-order valence-electron chi connectivity index (χ4n) is 0.547. The Kier molecular flexibility index (Phi) is 6.72. The molecular formula is C8H18S. The first-order valence-corrected chi connectivity index (χ1v) is 4.97.